The average Bonchev–Trinajstić information content (AvgIpc) is 3.06. The summed E-state index contributed by atoms with van der Waals surface area (Å²) < 4.78 is 1.31. The Kier molecular flexibility index (Phi) is 6.23. The molecule has 4 rings (SSSR count). The summed E-state index contributed by atoms with van der Waals surface area (Å²) in [6.07, 6.45) is 5.04. The van der Waals surface area contributed by atoms with Crippen LogP contribution in [-0.4, -0.2) is 28.8 Å². The number of hydrogen-bond donors (Lipinski definition) is 1. The van der Waals surface area contributed by atoms with Crippen molar-refractivity contribution in [2.24, 2.45) is 0 Å². The molecule has 0 bridgehead atoms. The maximum absolute atomic E-state index is 12.7. The van der Waals surface area contributed by atoms with E-state index in [0.717, 1.165) is 18.7 Å². The van der Waals surface area contributed by atoms with E-state index in [0.29, 0.717) is 12.2 Å². The first-order valence-electron chi connectivity index (χ1n) is 10.5. The molecule has 0 unspecified atom stereocenters. The SMILES string of the molecule is O=C(Nc1ccc(N2CCCCCC2)cc1)c1ccc(=O)n(Cc2ccccc2)n1. The third-order valence-corrected chi connectivity index (χ3v) is 5.37. The van der Waals surface area contributed by atoms with Gasteiger partial charge in [0.15, 0.2) is 0 Å². The van der Waals surface area contributed by atoms with Gasteiger partial charge in [0.05, 0.1) is 6.54 Å². The first kappa shape index (κ1) is 19.9. The Hall–Kier alpha value is -3.41. The van der Waals surface area contributed by atoms with E-state index in [2.05, 4.69) is 15.3 Å². The van der Waals surface area contributed by atoms with Crippen LogP contribution in [0.3, 0.4) is 0 Å². The Morgan fingerprint density at radius 3 is 2.27 bits per heavy atom. The molecule has 1 fully saturated rings. The van der Waals surface area contributed by atoms with Crippen LogP contribution in [0.15, 0.2) is 71.5 Å². The molecule has 2 aromatic carbocycles. The average molecular weight is 402 g/mol. The summed E-state index contributed by atoms with van der Waals surface area (Å²) in [6, 6.07) is 20.4. The molecule has 0 saturated carbocycles. The summed E-state index contributed by atoms with van der Waals surface area (Å²) in [5, 5.41) is 7.12. The fourth-order valence-electron chi connectivity index (χ4n) is 3.72. The van der Waals surface area contributed by atoms with Gasteiger partial charge in [-0.25, -0.2) is 4.68 Å². The minimum absolute atomic E-state index is 0.210. The molecule has 2 heterocycles. The van der Waals surface area contributed by atoms with Crippen LogP contribution in [0.2, 0.25) is 0 Å². The number of nitrogens with zero attached hydrogens (tertiary/aromatic N) is 3. The monoisotopic (exact) mass is 402 g/mol. The van der Waals surface area contributed by atoms with Gasteiger partial charge in [-0.3, -0.25) is 9.59 Å². The lowest BCUT2D eigenvalue weighted by Gasteiger charge is -2.22. The molecule has 1 saturated heterocycles. The lowest BCUT2D eigenvalue weighted by molar-refractivity contribution is 0.102. The Morgan fingerprint density at radius 1 is 0.867 bits per heavy atom. The highest BCUT2D eigenvalue weighted by Crippen LogP contribution is 2.21. The molecule has 1 aliphatic heterocycles. The number of aromatic nitrogens is 2. The summed E-state index contributed by atoms with van der Waals surface area (Å²) in [4.78, 5) is 27.2. The predicted octanol–water partition coefficient (Wildman–Crippen LogP) is 3.92. The molecule has 0 radical (unpaired) electrons. The van der Waals surface area contributed by atoms with Gasteiger partial charge in [-0.2, -0.15) is 5.10 Å². The Labute approximate surface area is 176 Å². The second-order valence-electron chi connectivity index (χ2n) is 7.60. The second kappa shape index (κ2) is 9.39. The molecule has 154 valence electrons. The van der Waals surface area contributed by atoms with Crippen molar-refractivity contribution in [1.29, 1.82) is 0 Å². The molecule has 6 nitrogen and oxygen atoms in total. The van der Waals surface area contributed by atoms with Crippen LogP contribution in [0.5, 0.6) is 0 Å². The summed E-state index contributed by atoms with van der Waals surface area (Å²) in [5.74, 6) is -0.334. The van der Waals surface area contributed by atoms with Crippen molar-refractivity contribution in [1.82, 2.24) is 9.78 Å². The standard InChI is InChI=1S/C24H26N4O2/c29-23-15-14-22(26-28(23)18-19-8-4-3-5-9-19)24(30)25-20-10-12-21(13-11-20)27-16-6-1-2-7-17-27/h3-5,8-15H,1-2,6-7,16-18H2,(H,25,30). The molecule has 1 N–H and O–H groups in total. The first-order valence-corrected chi connectivity index (χ1v) is 10.5. The number of anilines is 2. The number of rotatable bonds is 5. The smallest absolute Gasteiger partial charge is 0.276 e. The molecule has 3 aromatic rings. The third kappa shape index (κ3) is 4.95. The maximum Gasteiger partial charge on any atom is 0.276 e. The second-order valence-corrected chi connectivity index (χ2v) is 7.60. The molecule has 1 aliphatic rings. The van der Waals surface area contributed by atoms with E-state index in [1.165, 1.54) is 48.2 Å². The van der Waals surface area contributed by atoms with Crippen LogP contribution in [0.25, 0.3) is 0 Å². The van der Waals surface area contributed by atoms with Gasteiger partial charge in [0.1, 0.15) is 5.69 Å². The molecule has 1 amide bonds. The van der Waals surface area contributed by atoms with Gasteiger partial charge in [-0.05, 0) is 48.7 Å². The minimum atomic E-state index is -0.334. The van der Waals surface area contributed by atoms with E-state index < -0.39 is 0 Å². The zero-order valence-electron chi connectivity index (χ0n) is 17.0. The molecule has 0 atom stereocenters. The number of hydrogen-bond acceptors (Lipinski definition) is 4. The fourth-order valence-corrected chi connectivity index (χ4v) is 3.72. The van der Waals surface area contributed by atoms with Gasteiger partial charge in [0.25, 0.3) is 11.5 Å². The molecule has 0 aliphatic carbocycles. The number of carbonyl (C=O) groups is 1. The topological polar surface area (TPSA) is 67.2 Å². The van der Waals surface area contributed by atoms with E-state index in [1.54, 1.807) is 0 Å². The number of carbonyl (C=O) groups excluding carboxylic acids is 1. The van der Waals surface area contributed by atoms with Crippen LogP contribution in [0.1, 0.15) is 41.7 Å². The van der Waals surface area contributed by atoms with Crippen LogP contribution < -0.4 is 15.8 Å². The summed E-state index contributed by atoms with van der Waals surface area (Å²) >= 11 is 0. The molecular formula is C24H26N4O2. The van der Waals surface area contributed by atoms with Crippen molar-refractivity contribution in [2.75, 3.05) is 23.3 Å². The largest absolute Gasteiger partial charge is 0.372 e. The summed E-state index contributed by atoms with van der Waals surface area (Å²) in [7, 11) is 0. The van der Waals surface area contributed by atoms with E-state index in [9.17, 15) is 9.59 Å². The normalized spacial score (nSPS) is 14.2. The van der Waals surface area contributed by atoms with Crippen molar-refractivity contribution < 1.29 is 4.79 Å². The van der Waals surface area contributed by atoms with Crippen LogP contribution >= 0.6 is 0 Å². The van der Waals surface area contributed by atoms with Crippen molar-refractivity contribution in [3.63, 3.8) is 0 Å². The molecule has 6 heteroatoms. The highest BCUT2D eigenvalue weighted by Gasteiger charge is 2.12. The quantitative estimate of drug-likeness (QED) is 0.702. The van der Waals surface area contributed by atoms with E-state index in [1.807, 2.05) is 54.6 Å². The van der Waals surface area contributed by atoms with Crippen molar-refractivity contribution in [2.45, 2.75) is 32.2 Å². The molecule has 30 heavy (non-hydrogen) atoms. The maximum atomic E-state index is 12.7. The van der Waals surface area contributed by atoms with E-state index in [4.69, 9.17) is 0 Å². The number of nitrogens with one attached hydrogen (secondary N) is 1. The summed E-state index contributed by atoms with van der Waals surface area (Å²) in [5.41, 5.74) is 2.82. The molecule has 0 spiro atoms. The Morgan fingerprint density at radius 2 is 1.57 bits per heavy atom. The highest BCUT2D eigenvalue weighted by atomic mass is 16.2. The molecular weight excluding hydrogens is 376 g/mol. The van der Waals surface area contributed by atoms with Gasteiger partial charge < -0.3 is 10.2 Å². The molecule has 1 aromatic heterocycles. The van der Waals surface area contributed by atoms with Gasteiger partial charge in [0.2, 0.25) is 0 Å². The predicted molar refractivity (Wildman–Crippen MR) is 119 cm³/mol. The number of benzene rings is 2. The minimum Gasteiger partial charge on any atom is -0.372 e. The van der Waals surface area contributed by atoms with Gasteiger partial charge in [-0.15, -0.1) is 0 Å². The van der Waals surface area contributed by atoms with Crippen molar-refractivity contribution in [3.05, 3.63) is 88.3 Å². The van der Waals surface area contributed by atoms with Crippen LogP contribution in [0, 0.1) is 0 Å². The van der Waals surface area contributed by atoms with Crippen molar-refractivity contribution in [3.8, 4) is 0 Å². The zero-order valence-corrected chi connectivity index (χ0v) is 17.0. The van der Waals surface area contributed by atoms with Gasteiger partial charge in [0, 0.05) is 30.5 Å². The van der Waals surface area contributed by atoms with E-state index in [-0.39, 0.29) is 17.2 Å². The fraction of sp³-hybridized carbons (Fsp3) is 0.292. The highest BCUT2D eigenvalue weighted by molar-refractivity contribution is 6.02. The van der Waals surface area contributed by atoms with Gasteiger partial charge in [-0.1, -0.05) is 43.2 Å². The zero-order chi connectivity index (χ0) is 20.8. The lowest BCUT2D eigenvalue weighted by Crippen LogP contribution is -2.26. The first-order chi connectivity index (χ1) is 14.7. The Balaban J connectivity index is 1.44. The van der Waals surface area contributed by atoms with Crippen LogP contribution in [0.4, 0.5) is 11.4 Å². The lowest BCUT2D eigenvalue weighted by atomic mass is 10.2. The van der Waals surface area contributed by atoms with Gasteiger partial charge >= 0.3 is 0 Å². The Bertz CT molecular complexity index is 1040. The van der Waals surface area contributed by atoms with Crippen molar-refractivity contribution >= 4 is 17.3 Å². The van der Waals surface area contributed by atoms with Crippen LogP contribution in [-0.2, 0) is 6.54 Å². The third-order valence-electron chi connectivity index (χ3n) is 5.37. The number of amides is 1. The van der Waals surface area contributed by atoms with E-state index >= 15 is 0 Å². The summed E-state index contributed by atoms with van der Waals surface area (Å²) in [6.45, 7) is 2.49.